The van der Waals surface area contributed by atoms with E-state index in [1.54, 1.807) is 11.8 Å². The van der Waals surface area contributed by atoms with Crippen molar-refractivity contribution in [2.45, 2.75) is 74.8 Å². The fraction of sp³-hybridized carbons (Fsp3) is 0.440. The van der Waals surface area contributed by atoms with E-state index in [9.17, 15) is 4.79 Å². The molecule has 7 heteroatoms. The lowest BCUT2D eigenvalue weighted by Gasteiger charge is -2.13. The molecule has 32 heavy (non-hydrogen) atoms. The van der Waals surface area contributed by atoms with Crippen molar-refractivity contribution in [3.05, 3.63) is 52.8 Å². The van der Waals surface area contributed by atoms with E-state index in [2.05, 4.69) is 46.7 Å². The summed E-state index contributed by atoms with van der Waals surface area (Å²) in [5.74, 6) is 2.73. The van der Waals surface area contributed by atoms with Gasteiger partial charge in [-0.05, 0) is 68.0 Å². The highest BCUT2D eigenvalue weighted by molar-refractivity contribution is 7.99. The third kappa shape index (κ3) is 4.58. The van der Waals surface area contributed by atoms with Gasteiger partial charge in [0.1, 0.15) is 11.6 Å². The third-order valence-corrected chi connectivity index (χ3v) is 7.46. The zero-order chi connectivity index (χ0) is 22.1. The predicted octanol–water partition coefficient (Wildman–Crippen LogP) is 5.75. The number of aromatic nitrogens is 4. The molecule has 3 aromatic rings. The highest BCUT2D eigenvalue weighted by Crippen LogP contribution is 2.39. The van der Waals surface area contributed by atoms with Crippen LogP contribution in [0.4, 0.5) is 11.6 Å². The molecule has 2 aliphatic rings. The lowest BCUT2D eigenvalue weighted by atomic mass is 9.97. The summed E-state index contributed by atoms with van der Waals surface area (Å²) in [5.41, 5.74) is 4.43. The largest absolute Gasteiger partial charge is 0.323 e. The molecule has 2 aromatic heterocycles. The number of hydrogen-bond donors (Lipinski definition) is 2. The topological polar surface area (TPSA) is 83.6 Å². The predicted molar refractivity (Wildman–Crippen MR) is 127 cm³/mol. The highest BCUT2D eigenvalue weighted by Gasteiger charge is 2.26. The molecule has 0 saturated heterocycles. The van der Waals surface area contributed by atoms with Gasteiger partial charge in [0.05, 0.1) is 5.69 Å². The molecule has 1 saturated carbocycles. The van der Waals surface area contributed by atoms with E-state index in [1.807, 2.05) is 13.0 Å². The van der Waals surface area contributed by atoms with E-state index in [1.165, 1.54) is 18.4 Å². The van der Waals surface area contributed by atoms with Gasteiger partial charge in [0.25, 0.3) is 0 Å². The lowest BCUT2D eigenvalue weighted by molar-refractivity contribution is -0.122. The molecular formula is C25H29N5OS. The second-order valence-corrected chi connectivity index (χ2v) is 10.1. The number of carbonyl (C=O) groups is 1. The number of benzene rings is 1. The molecule has 6 nitrogen and oxygen atoms in total. The molecule has 1 atom stereocenters. The Hall–Kier alpha value is -2.67. The molecule has 0 bridgehead atoms. The van der Waals surface area contributed by atoms with Crippen molar-refractivity contribution in [3.63, 3.8) is 0 Å². The average molecular weight is 448 g/mol. The third-order valence-electron chi connectivity index (χ3n) is 6.58. The summed E-state index contributed by atoms with van der Waals surface area (Å²) in [6.45, 7) is 4.21. The zero-order valence-corrected chi connectivity index (χ0v) is 19.5. The van der Waals surface area contributed by atoms with Gasteiger partial charge in [-0.1, -0.05) is 31.9 Å². The fourth-order valence-electron chi connectivity index (χ4n) is 4.82. The summed E-state index contributed by atoms with van der Waals surface area (Å²) < 4.78 is 0. The number of nitrogens with zero attached hydrogens (tertiary/aromatic N) is 3. The number of aromatic amines is 1. The number of Topliss-reactive ketones (excluding diaryl/α,β-unsaturated/α-hetero) is 1. The first-order valence-corrected chi connectivity index (χ1v) is 12.4. The number of carbonyl (C=O) groups excluding carboxylic acids is 1. The van der Waals surface area contributed by atoms with Crippen LogP contribution in [-0.4, -0.2) is 25.9 Å². The Morgan fingerprint density at radius 2 is 1.94 bits per heavy atom. The van der Waals surface area contributed by atoms with Gasteiger partial charge >= 0.3 is 0 Å². The van der Waals surface area contributed by atoms with Crippen LogP contribution in [0, 0.1) is 12.8 Å². The molecule has 2 heterocycles. The van der Waals surface area contributed by atoms with Crippen molar-refractivity contribution in [2.24, 2.45) is 5.92 Å². The number of aryl methyl sites for hydroxylation is 2. The van der Waals surface area contributed by atoms with E-state index < -0.39 is 0 Å². The van der Waals surface area contributed by atoms with Gasteiger partial charge in [-0.15, -0.1) is 0 Å². The molecule has 5 rings (SSSR count). The highest BCUT2D eigenvalue weighted by atomic mass is 32.2. The van der Waals surface area contributed by atoms with Gasteiger partial charge in [-0.25, -0.2) is 9.97 Å². The quantitative estimate of drug-likeness (QED) is 0.448. The van der Waals surface area contributed by atoms with Gasteiger partial charge < -0.3 is 5.32 Å². The van der Waals surface area contributed by atoms with Crippen molar-refractivity contribution in [1.29, 1.82) is 0 Å². The number of fused-ring (bicyclic) bond motifs is 1. The molecule has 1 aromatic carbocycles. The number of hydrogen-bond acceptors (Lipinski definition) is 6. The molecule has 2 aliphatic carbocycles. The van der Waals surface area contributed by atoms with Crippen LogP contribution in [0.25, 0.3) is 0 Å². The second kappa shape index (κ2) is 9.06. The van der Waals surface area contributed by atoms with Crippen molar-refractivity contribution >= 4 is 29.2 Å². The Morgan fingerprint density at radius 1 is 1.16 bits per heavy atom. The zero-order valence-electron chi connectivity index (χ0n) is 18.6. The Balaban J connectivity index is 1.32. The summed E-state index contributed by atoms with van der Waals surface area (Å²) in [4.78, 5) is 23.3. The normalized spacial score (nSPS) is 18.1. The standard InChI is InChI=1S/C25H29N5OS/c1-15-7-12-20-23(15)24(27-22-13-16(2)29-30-22)28-25(26-20)32-19-10-8-17(9-11-19)14-21(31)18-5-3-4-6-18/h8-11,13,15,18H,3-7,12,14H2,1-2H3,(H2,26,27,28,29,30). The maximum Gasteiger partial charge on any atom is 0.194 e. The molecule has 0 spiro atoms. The van der Waals surface area contributed by atoms with Gasteiger partial charge in [-0.3, -0.25) is 9.89 Å². The second-order valence-electron chi connectivity index (χ2n) is 9.09. The molecule has 1 fully saturated rings. The monoisotopic (exact) mass is 447 g/mol. The lowest BCUT2D eigenvalue weighted by Crippen LogP contribution is -2.13. The van der Waals surface area contributed by atoms with Crippen LogP contribution in [0.15, 0.2) is 40.4 Å². The number of ketones is 1. The fourth-order valence-corrected chi connectivity index (χ4v) is 5.59. The maximum atomic E-state index is 12.5. The molecule has 0 amide bonds. The maximum absolute atomic E-state index is 12.5. The van der Waals surface area contributed by atoms with Crippen LogP contribution in [0.5, 0.6) is 0 Å². The minimum Gasteiger partial charge on any atom is -0.323 e. The summed E-state index contributed by atoms with van der Waals surface area (Å²) >= 11 is 1.56. The average Bonchev–Trinajstić information content (AvgIpc) is 3.52. The van der Waals surface area contributed by atoms with E-state index in [-0.39, 0.29) is 5.92 Å². The Bertz CT molecular complexity index is 1120. The van der Waals surface area contributed by atoms with Gasteiger partial charge in [0.2, 0.25) is 0 Å². The first-order valence-electron chi connectivity index (χ1n) is 11.5. The molecule has 0 radical (unpaired) electrons. The Kier molecular flexibility index (Phi) is 6.00. The van der Waals surface area contributed by atoms with Crippen molar-refractivity contribution < 1.29 is 4.79 Å². The number of anilines is 2. The minimum absolute atomic E-state index is 0.274. The minimum atomic E-state index is 0.274. The van der Waals surface area contributed by atoms with E-state index in [0.29, 0.717) is 18.1 Å². The van der Waals surface area contributed by atoms with E-state index in [0.717, 1.165) is 64.3 Å². The van der Waals surface area contributed by atoms with Crippen LogP contribution >= 0.6 is 11.8 Å². The summed E-state index contributed by atoms with van der Waals surface area (Å²) in [6.07, 6.45) is 7.13. The van der Waals surface area contributed by atoms with Crippen molar-refractivity contribution in [1.82, 2.24) is 20.2 Å². The number of nitrogens with one attached hydrogen (secondary N) is 2. The van der Waals surface area contributed by atoms with E-state index in [4.69, 9.17) is 9.97 Å². The Labute approximate surface area is 193 Å². The van der Waals surface area contributed by atoms with Crippen LogP contribution in [0.2, 0.25) is 0 Å². The van der Waals surface area contributed by atoms with Gasteiger partial charge in [0.15, 0.2) is 11.0 Å². The molecule has 1 unspecified atom stereocenters. The Morgan fingerprint density at radius 3 is 2.66 bits per heavy atom. The number of H-pyrrole nitrogens is 1. The first kappa shape index (κ1) is 21.2. The summed E-state index contributed by atoms with van der Waals surface area (Å²) in [7, 11) is 0. The van der Waals surface area contributed by atoms with Crippen molar-refractivity contribution in [2.75, 3.05) is 5.32 Å². The van der Waals surface area contributed by atoms with Crippen LogP contribution in [0.3, 0.4) is 0 Å². The molecule has 166 valence electrons. The van der Waals surface area contributed by atoms with Crippen LogP contribution in [-0.2, 0) is 17.6 Å². The number of rotatable bonds is 7. The SMILES string of the molecule is Cc1cc(Nc2nc(Sc3ccc(CC(=O)C4CCCC4)cc3)nc3c2C(C)CC3)n[nH]1. The van der Waals surface area contributed by atoms with Crippen molar-refractivity contribution in [3.8, 4) is 0 Å². The molecule has 2 N–H and O–H groups in total. The van der Waals surface area contributed by atoms with Gasteiger partial charge in [-0.2, -0.15) is 5.10 Å². The molecule has 0 aliphatic heterocycles. The summed E-state index contributed by atoms with van der Waals surface area (Å²) in [5, 5.41) is 11.4. The summed E-state index contributed by atoms with van der Waals surface area (Å²) in [6, 6.07) is 10.3. The van der Waals surface area contributed by atoms with Crippen LogP contribution in [0.1, 0.15) is 67.5 Å². The van der Waals surface area contributed by atoms with Crippen LogP contribution < -0.4 is 5.32 Å². The first-order chi connectivity index (χ1) is 15.5. The molecular weight excluding hydrogens is 418 g/mol. The smallest absolute Gasteiger partial charge is 0.194 e. The van der Waals surface area contributed by atoms with E-state index >= 15 is 0 Å². The van der Waals surface area contributed by atoms with Gasteiger partial charge in [0, 0.05) is 34.6 Å².